The third-order valence-electron chi connectivity index (χ3n) is 5.37. The van der Waals surface area contributed by atoms with Crippen LogP contribution in [0.4, 0.5) is 5.69 Å². The Morgan fingerprint density at radius 2 is 1.83 bits per heavy atom. The van der Waals surface area contributed by atoms with Gasteiger partial charge in [-0.3, -0.25) is 9.59 Å². The van der Waals surface area contributed by atoms with Gasteiger partial charge in [0.15, 0.2) is 6.10 Å². The van der Waals surface area contributed by atoms with Crippen molar-refractivity contribution in [2.45, 2.75) is 40.7 Å². The van der Waals surface area contributed by atoms with Crippen LogP contribution in [0.1, 0.15) is 54.1 Å². The van der Waals surface area contributed by atoms with Crippen LogP contribution in [0.3, 0.4) is 0 Å². The summed E-state index contributed by atoms with van der Waals surface area (Å²) in [6.07, 6.45) is -1.04. The Kier molecular flexibility index (Phi) is 6.53. The molecule has 0 aliphatic carbocycles. The number of aryl methyl sites for hydroxylation is 1. The lowest BCUT2D eigenvalue weighted by atomic mass is 9.95. The van der Waals surface area contributed by atoms with E-state index in [1.165, 1.54) is 18.3 Å². The molecule has 1 atom stereocenters. The van der Waals surface area contributed by atoms with Crippen molar-refractivity contribution >= 4 is 45.8 Å². The monoisotopic (exact) mass is 491 g/mol. The molecule has 4 rings (SSSR count). The molecule has 180 valence electrons. The second kappa shape index (κ2) is 9.42. The molecule has 8 nitrogen and oxygen atoms in total. The van der Waals surface area contributed by atoms with Crippen molar-refractivity contribution in [2.24, 2.45) is 5.41 Å². The molecule has 0 aliphatic heterocycles. The Morgan fingerprint density at radius 3 is 2.46 bits per heavy atom. The molecule has 3 heterocycles. The highest BCUT2D eigenvalue weighted by atomic mass is 32.1. The smallest absolute Gasteiger partial charge is 0.339 e. The van der Waals surface area contributed by atoms with Gasteiger partial charge < -0.3 is 14.6 Å². The molecule has 9 heteroatoms. The number of nitrogens with one attached hydrogen (secondary N) is 1. The average molecular weight is 492 g/mol. The number of benzene rings is 1. The Hall–Kier alpha value is -3.85. The topological polar surface area (TPSA) is 111 Å². The molecule has 35 heavy (non-hydrogen) atoms. The van der Waals surface area contributed by atoms with Crippen LogP contribution in [0.2, 0.25) is 0 Å². The number of carbonyl (C=O) groups excluding carboxylic acids is 3. The molecule has 0 saturated carbocycles. The number of amides is 1. The highest BCUT2D eigenvalue weighted by molar-refractivity contribution is 7.13. The van der Waals surface area contributed by atoms with Gasteiger partial charge in [-0.25, -0.2) is 9.78 Å². The molecule has 0 radical (unpaired) electrons. The van der Waals surface area contributed by atoms with Gasteiger partial charge in [0, 0.05) is 16.7 Å². The van der Waals surface area contributed by atoms with Crippen LogP contribution in [-0.4, -0.2) is 33.9 Å². The number of nitrogens with zero attached hydrogens (tertiary/aromatic N) is 2. The maximum atomic E-state index is 13.1. The molecule has 1 aromatic carbocycles. The number of esters is 1. The van der Waals surface area contributed by atoms with Crippen molar-refractivity contribution in [3.63, 3.8) is 0 Å². The molecular formula is C26H25N3O5S. The maximum absolute atomic E-state index is 13.1. The predicted octanol–water partition coefficient (Wildman–Crippen LogP) is 5.67. The first-order chi connectivity index (χ1) is 16.5. The van der Waals surface area contributed by atoms with Crippen molar-refractivity contribution in [3.05, 3.63) is 64.7 Å². The second-order valence-corrected chi connectivity index (χ2v) is 10.1. The Labute approximate surface area is 206 Å². The minimum Gasteiger partial charge on any atom is -0.451 e. The summed E-state index contributed by atoms with van der Waals surface area (Å²) in [6.45, 7) is 8.68. The van der Waals surface area contributed by atoms with E-state index in [1.54, 1.807) is 37.3 Å². The molecule has 3 aromatic heterocycles. The van der Waals surface area contributed by atoms with E-state index in [0.29, 0.717) is 28.0 Å². The number of aromatic nitrogens is 2. The number of hydrogen-bond donors (Lipinski definition) is 1. The number of ether oxygens (including phenoxy) is 1. The Morgan fingerprint density at radius 1 is 1.11 bits per heavy atom. The summed E-state index contributed by atoms with van der Waals surface area (Å²) < 4.78 is 10.8. The number of pyridine rings is 1. The average Bonchev–Trinajstić information content (AvgIpc) is 3.48. The van der Waals surface area contributed by atoms with E-state index >= 15 is 0 Å². The third kappa shape index (κ3) is 5.14. The Bertz CT molecular complexity index is 1400. The van der Waals surface area contributed by atoms with Crippen molar-refractivity contribution in [1.29, 1.82) is 0 Å². The van der Waals surface area contributed by atoms with E-state index in [9.17, 15) is 14.4 Å². The molecule has 1 unspecified atom stereocenters. The predicted molar refractivity (Wildman–Crippen MR) is 134 cm³/mol. The summed E-state index contributed by atoms with van der Waals surface area (Å²) in [7, 11) is 0. The summed E-state index contributed by atoms with van der Waals surface area (Å²) in [4.78, 5) is 43.5. The van der Waals surface area contributed by atoms with Crippen molar-refractivity contribution < 1.29 is 23.6 Å². The highest BCUT2D eigenvalue weighted by Gasteiger charge is 2.26. The molecule has 0 aliphatic rings. The van der Waals surface area contributed by atoms with Crippen LogP contribution in [0.5, 0.6) is 0 Å². The number of fused-ring (bicyclic) bond motifs is 1. The van der Waals surface area contributed by atoms with E-state index < -0.39 is 17.5 Å². The zero-order valence-corrected chi connectivity index (χ0v) is 20.9. The van der Waals surface area contributed by atoms with Crippen molar-refractivity contribution in [1.82, 2.24) is 10.1 Å². The molecule has 4 aromatic rings. The summed E-state index contributed by atoms with van der Waals surface area (Å²) in [5.74, 6) is -1.16. The number of carbonyl (C=O) groups is 3. The first-order valence-electron chi connectivity index (χ1n) is 11.0. The van der Waals surface area contributed by atoms with Gasteiger partial charge >= 0.3 is 5.97 Å². The van der Waals surface area contributed by atoms with Crippen LogP contribution in [0.15, 0.2) is 52.4 Å². The second-order valence-electron chi connectivity index (χ2n) is 9.17. The quantitative estimate of drug-likeness (QED) is 0.273. The summed E-state index contributed by atoms with van der Waals surface area (Å²) in [5, 5.41) is 9.10. The lowest BCUT2D eigenvalue weighted by Crippen LogP contribution is -2.27. The van der Waals surface area contributed by atoms with Crippen molar-refractivity contribution in [2.75, 3.05) is 5.32 Å². The molecule has 1 N–H and O–H groups in total. The lowest BCUT2D eigenvalue weighted by molar-refractivity contribution is -0.123. The Balaban J connectivity index is 1.53. The van der Waals surface area contributed by atoms with Crippen LogP contribution < -0.4 is 5.32 Å². The molecule has 0 fully saturated rings. The molecule has 0 saturated heterocycles. The fourth-order valence-electron chi connectivity index (χ4n) is 3.35. The van der Waals surface area contributed by atoms with Gasteiger partial charge in [0.1, 0.15) is 0 Å². The standard InChI is InChI=1S/C26H25N3O5S/c1-14-21-18(13-19(20-7-6-12-35-20)28-23(21)34-29-14)24(31)33-15(2)22(30)16-8-10-17(11-9-16)27-25(32)26(3,4)5/h6-13,15H,1-5H3,(H,27,32). The van der Waals surface area contributed by atoms with Gasteiger partial charge in [-0.05, 0) is 55.6 Å². The van der Waals surface area contributed by atoms with Gasteiger partial charge in [-0.15, -0.1) is 11.3 Å². The van der Waals surface area contributed by atoms with E-state index in [2.05, 4.69) is 15.5 Å². The number of ketones is 1. The molecule has 0 spiro atoms. The summed E-state index contributed by atoms with van der Waals surface area (Å²) >= 11 is 1.48. The SMILES string of the molecule is Cc1noc2nc(-c3cccs3)cc(C(=O)OC(C)C(=O)c3ccc(NC(=O)C(C)(C)C)cc3)c12. The van der Waals surface area contributed by atoms with Crippen LogP contribution in [0, 0.1) is 12.3 Å². The van der Waals surface area contributed by atoms with Crippen LogP contribution in [0.25, 0.3) is 21.7 Å². The zero-order chi connectivity index (χ0) is 25.3. The maximum Gasteiger partial charge on any atom is 0.339 e. The van der Waals surface area contributed by atoms with Gasteiger partial charge in [0.25, 0.3) is 5.71 Å². The fourth-order valence-corrected chi connectivity index (χ4v) is 4.04. The van der Waals surface area contributed by atoms with Gasteiger partial charge in [-0.2, -0.15) is 0 Å². The van der Waals surface area contributed by atoms with E-state index in [0.717, 1.165) is 4.88 Å². The number of anilines is 1. The number of thiophene rings is 1. The first-order valence-corrected chi connectivity index (χ1v) is 11.9. The first kappa shape index (κ1) is 24.3. The summed E-state index contributed by atoms with van der Waals surface area (Å²) in [6, 6.07) is 11.9. The normalized spacial score (nSPS) is 12.4. The van der Waals surface area contributed by atoms with Gasteiger partial charge in [0.2, 0.25) is 11.7 Å². The van der Waals surface area contributed by atoms with E-state index in [-0.39, 0.29) is 23.0 Å². The van der Waals surface area contributed by atoms with E-state index in [4.69, 9.17) is 9.26 Å². The van der Waals surface area contributed by atoms with Gasteiger partial charge in [-0.1, -0.05) is 32.0 Å². The minimum absolute atomic E-state index is 0.131. The highest BCUT2D eigenvalue weighted by Crippen LogP contribution is 2.30. The fraction of sp³-hybridized carbons (Fsp3) is 0.269. The summed E-state index contributed by atoms with van der Waals surface area (Å²) in [5.41, 5.74) is 1.92. The largest absolute Gasteiger partial charge is 0.451 e. The molecule has 1 amide bonds. The molecular weight excluding hydrogens is 466 g/mol. The number of rotatable bonds is 6. The van der Waals surface area contributed by atoms with Gasteiger partial charge in [0.05, 0.1) is 27.2 Å². The third-order valence-corrected chi connectivity index (χ3v) is 6.26. The van der Waals surface area contributed by atoms with E-state index in [1.807, 2.05) is 38.3 Å². The zero-order valence-electron chi connectivity index (χ0n) is 20.0. The number of Topliss-reactive ketones (excluding diaryl/α,β-unsaturated/α-hetero) is 1. The lowest BCUT2D eigenvalue weighted by Gasteiger charge is -2.18. The minimum atomic E-state index is -1.04. The molecule has 0 bridgehead atoms. The van der Waals surface area contributed by atoms with Crippen LogP contribution in [-0.2, 0) is 9.53 Å². The van der Waals surface area contributed by atoms with Crippen molar-refractivity contribution in [3.8, 4) is 10.6 Å². The van der Waals surface area contributed by atoms with Crippen LogP contribution >= 0.6 is 11.3 Å². The number of hydrogen-bond acceptors (Lipinski definition) is 8.